The third-order valence-electron chi connectivity index (χ3n) is 2.98. The predicted molar refractivity (Wildman–Crippen MR) is 76.0 cm³/mol. The number of methoxy groups -OCH3 is 1. The molecule has 22 heavy (non-hydrogen) atoms. The number of carbonyl (C=O) groups excluding carboxylic acids is 2. The zero-order chi connectivity index (χ0) is 16.1. The van der Waals surface area contributed by atoms with Crippen LogP contribution in [-0.2, 0) is 22.6 Å². The normalized spacial score (nSPS) is 10.3. The van der Waals surface area contributed by atoms with E-state index in [9.17, 15) is 9.59 Å². The monoisotopic (exact) mass is 307 g/mol. The molecule has 0 aliphatic carbocycles. The number of anilines is 1. The molecule has 3 N–H and O–H groups in total. The van der Waals surface area contributed by atoms with Crippen LogP contribution in [0.2, 0.25) is 0 Å². The van der Waals surface area contributed by atoms with Crippen molar-refractivity contribution in [3.63, 3.8) is 0 Å². The van der Waals surface area contributed by atoms with E-state index in [0.717, 1.165) is 17.0 Å². The Bertz CT molecular complexity index is 657. The van der Waals surface area contributed by atoms with E-state index in [1.54, 1.807) is 0 Å². The van der Waals surface area contributed by atoms with Crippen molar-refractivity contribution in [1.29, 1.82) is 0 Å². The highest BCUT2D eigenvalue weighted by atomic mass is 16.5. The maximum Gasteiger partial charge on any atom is 0.412 e. The third-order valence-corrected chi connectivity index (χ3v) is 2.98. The zero-order valence-electron chi connectivity index (χ0n) is 12.5. The summed E-state index contributed by atoms with van der Waals surface area (Å²) < 4.78 is 4.43. The molecule has 118 valence electrons. The Hall–Kier alpha value is -2.91. The number of nitrogens with one attached hydrogen (secondary N) is 3. The van der Waals surface area contributed by atoms with E-state index < -0.39 is 6.09 Å². The predicted octanol–water partition coefficient (Wildman–Crippen LogP) is 0.113. The van der Waals surface area contributed by atoms with Crippen LogP contribution in [0.15, 0.2) is 6.20 Å². The van der Waals surface area contributed by atoms with Gasteiger partial charge in [0.25, 0.3) is 0 Å². The van der Waals surface area contributed by atoms with E-state index in [1.165, 1.54) is 18.1 Å². The lowest BCUT2D eigenvalue weighted by atomic mass is 10.2. The molecule has 2 aromatic rings. The minimum atomic E-state index is -0.651. The molecule has 0 saturated carbocycles. The second-order valence-corrected chi connectivity index (χ2v) is 4.57. The summed E-state index contributed by atoms with van der Waals surface area (Å²) in [6.45, 7) is 4.08. The molecule has 2 amide bonds. The fraction of sp³-hybridized carbons (Fsp3) is 0.417. The number of ether oxygens (including phenoxy) is 1. The fourth-order valence-electron chi connectivity index (χ4n) is 1.79. The molecule has 2 rings (SSSR count). The van der Waals surface area contributed by atoms with E-state index in [4.69, 9.17) is 0 Å². The van der Waals surface area contributed by atoms with Gasteiger partial charge < -0.3 is 10.1 Å². The van der Waals surface area contributed by atoms with Crippen molar-refractivity contribution >= 4 is 17.8 Å². The number of hydrogen-bond acceptors (Lipinski definition) is 6. The van der Waals surface area contributed by atoms with Crippen molar-refractivity contribution in [3.8, 4) is 0 Å². The molecule has 10 heteroatoms. The van der Waals surface area contributed by atoms with Crippen LogP contribution in [-0.4, -0.2) is 44.3 Å². The summed E-state index contributed by atoms with van der Waals surface area (Å²) in [6.07, 6.45) is 0.677. The van der Waals surface area contributed by atoms with Gasteiger partial charge in [0.05, 0.1) is 19.0 Å². The molecular weight excluding hydrogens is 290 g/mol. The first-order valence-corrected chi connectivity index (χ1v) is 6.52. The van der Waals surface area contributed by atoms with Crippen LogP contribution in [0.25, 0.3) is 0 Å². The van der Waals surface area contributed by atoms with Crippen LogP contribution in [0.5, 0.6) is 0 Å². The number of aryl methyl sites for hydroxylation is 2. The summed E-state index contributed by atoms with van der Waals surface area (Å²) in [6, 6.07) is 0. The number of aromatic nitrogens is 5. The molecule has 0 spiro atoms. The summed E-state index contributed by atoms with van der Waals surface area (Å²) in [4.78, 5) is 24.1. The molecule has 10 nitrogen and oxygen atoms in total. The quantitative estimate of drug-likeness (QED) is 0.719. The smallest absolute Gasteiger partial charge is 0.412 e. The van der Waals surface area contributed by atoms with Crippen LogP contribution in [0.1, 0.15) is 17.0 Å². The molecule has 2 aromatic heterocycles. The van der Waals surface area contributed by atoms with E-state index in [-0.39, 0.29) is 18.3 Å². The third kappa shape index (κ3) is 3.81. The topological polar surface area (TPSA) is 127 Å². The number of H-pyrrole nitrogens is 1. The standard InChI is InChI=1S/C12H17N7O3/c1-7-9(8(2)17-16-7)4-13-11(20)6-19-14-5-10(18-19)15-12(21)22-3/h5H,4,6H2,1-3H3,(H,13,20)(H,16,17)(H,15,18,21). The number of aromatic amines is 1. The molecule has 0 radical (unpaired) electrons. The summed E-state index contributed by atoms with van der Waals surface area (Å²) >= 11 is 0. The molecule has 0 atom stereocenters. The van der Waals surface area contributed by atoms with E-state index in [1.807, 2.05) is 13.8 Å². The van der Waals surface area contributed by atoms with Crippen molar-refractivity contribution in [1.82, 2.24) is 30.5 Å². The van der Waals surface area contributed by atoms with Crippen molar-refractivity contribution in [2.75, 3.05) is 12.4 Å². The summed E-state index contributed by atoms with van der Waals surface area (Å²) in [7, 11) is 1.24. The molecule has 0 bridgehead atoms. The van der Waals surface area contributed by atoms with Gasteiger partial charge in [-0.25, -0.2) is 4.79 Å². The Labute approximate surface area is 126 Å². The van der Waals surface area contributed by atoms with E-state index >= 15 is 0 Å². The van der Waals surface area contributed by atoms with Gasteiger partial charge in [-0.1, -0.05) is 0 Å². The molecule has 0 unspecified atom stereocenters. The maximum atomic E-state index is 11.9. The molecular formula is C12H17N7O3. The highest BCUT2D eigenvalue weighted by Crippen LogP contribution is 2.08. The lowest BCUT2D eigenvalue weighted by Crippen LogP contribution is -2.28. The van der Waals surface area contributed by atoms with Gasteiger partial charge in [-0.15, -0.1) is 5.10 Å². The van der Waals surface area contributed by atoms with E-state index in [0.29, 0.717) is 6.54 Å². The average Bonchev–Trinajstić information content (AvgIpc) is 3.04. The van der Waals surface area contributed by atoms with Gasteiger partial charge in [0.2, 0.25) is 5.91 Å². The Balaban J connectivity index is 1.86. The van der Waals surface area contributed by atoms with Crippen molar-refractivity contribution in [2.45, 2.75) is 26.9 Å². The number of hydrogen-bond donors (Lipinski definition) is 3. The fourth-order valence-corrected chi connectivity index (χ4v) is 1.79. The van der Waals surface area contributed by atoms with Crippen LogP contribution in [0.4, 0.5) is 10.6 Å². The number of nitrogens with zero attached hydrogens (tertiary/aromatic N) is 4. The summed E-state index contributed by atoms with van der Waals surface area (Å²) in [5.74, 6) is -0.0404. The number of carbonyl (C=O) groups is 2. The second kappa shape index (κ2) is 6.70. The zero-order valence-corrected chi connectivity index (χ0v) is 12.5. The minimum Gasteiger partial charge on any atom is -0.453 e. The molecule has 2 heterocycles. The van der Waals surface area contributed by atoms with Gasteiger partial charge in [0.15, 0.2) is 5.82 Å². The van der Waals surface area contributed by atoms with Gasteiger partial charge in [0.1, 0.15) is 6.54 Å². The molecule has 0 aromatic carbocycles. The summed E-state index contributed by atoms with van der Waals surface area (Å²) in [5, 5.41) is 19.8. The first-order valence-electron chi connectivity index (χ1n) is 6.52. The highest BCUT2D eigenvalue weighted by Gasteiger charge is 2.11. The molecule has 0 fully saturated rings. The average molecular weight is 307 g/mol. The van der Waals surface area contributed by atoms with Gasteiger partial charge in [0, 0.05) is 17.8 Å². The van der Waals surface area contributed by atoms with Gasteiger partial charge in [-0.05, 0) is 13.8 Å². The Morgan fingerprint density at radius 2 is 2.18 bits per heavy atom. The number of rotatable bonds is 5. The van der Waals surface area contributed by atoms with Crippen LogP contribution in [0.3, 0.4) is 0 Å². The van der Waals surface area contributed by atoms with Crippen LogP contribution < -0.4 is 10.6 Å². The van der Waals surface area contributed by atoms with Gasteiger partial charge >= 0.3 is 6.09 Å². The Morgan fingerprint density at radius 3 is 2.82 bits per heavy atom. The highest BCUT2D eigenvalue weighted by molar-refractivity contribution is 5.82. The second-order valence-electron chi connectivity index (χ2n) is 4.57. The Morgan fingerprint density at radius 1 is 1.41 bits per heavy atom. The largest absolute Gasteiger partial charge is 0.453 e. The van der Waals surface area contributed by atoms with Crippen LogP contribution >= 0.6 is 0 Å². The lowest BCUT2D eigenvalue weighted by Gasteiger charge is -2.05. The summed E-state index contributed by atoms with van der Waals surface area (Å²) in [5.41, 5.74) is 2.72. The molecule has 0 saturated heterocycles. The molecule has 0 aliphatic rings. The van der Waals surface area contributed by atoms with Crippen molar-refractivity contribution in [3.05, 3.63) is 23.1 Å². The van der Waals surface area contributed by atoms with Gasteiger partial charge in [-0.2, -0.15) is 15.0 Å². The first kappa shape index (κ1) is 15.5. The van der Waals surface area contributed by atoms with Crippen molar-refractivity contribution in [2.24, 2.45) is 0 Å². The number of amides is 2. The maximum absolute atomic E-state index is 11.9. The van der Waals surface area contributed by atoms with Gasteiger partial charge in [-0.3, -0.25) is 15.2 Å². The lowest BCUT2D eigenvalue weighted by molar-refractivity contribution is -0.122. The first-order chi connectivity index (χ1) is 10.5. The van der Waals surface area contributed by atoms with Crippen LogP contribution in [0, 0.1) is 13.8 Å². The van der Waals surface area contributed by atoms with Crippen molar-refractivity contribution < 1.29 is 14.3 Å². The molecule has 0 aliphatic heterocycles. The van der Waals surface area contributed by atoms with E-state index in [2.05, 4.69) is 35.8 Å². The SMILES string of the molecule is COC(=O)Nc1cnn(CC(=O)NCc2c(C)n[nH]c2C)n1. The Kier molecular flexibility index (Phi) is 4.71. The minimum absolute atomic E-state index is 0.0567.